The molecule has 3 heterocycles. The molecule has 1 N–H and O–H groups in total. The van der Waals surface area contributed by atoms with Crippen molar-refractivity contribution in [2.75, 3.05) is 13.1 Å². The van der Waals surface area contributed by atoms with Crippen LogP contribution in [0.5, 0.6) is 0 Å². The molecule has 1 atom stereocenters. The standard InChI is InChI=1S/C33H26Cl2FN5O2/c34-28-12-9-21(15-29(28)35)27-16-22(36)10-11-26(27)32(42)39-14-13-33(43,19-39)20-40-17-23(37-38-40)18-41-30-7-3-1-5-24(30)25-6-2-4-8-31(25)41/h1-12,15-17,43H,13-14,18-20H2. The first-order valence-corrected chi connectivity index (χ1v) is 14.7. The summed E-state index contributed by atoms with van der Waals surface area (Å²) in [6, 6.07) is 25.5. The molecule has 1 unspecified atom stereocenters. The van der Waals surface area contributed by atoms with Crippen molar-refractivity contribution in [3.05, 3.63) is 118 Å². The number of fused-ring (bicyclic) bond motifs is 3. The van der Waals surface area contributed by atoms with Gasteiger partial charge in [0.2, 0.25) is 0 Å². The molecule has 0 saturated carbocycles. The Morgan fingerprint density at radius 1 is 0.930 bits per heavy atom. The van der Waals surface area contributed by atoms with E-state index in [9.17, 15) is 14.3 Å². The lowest BCUT2D eigenvalue weighted by atomic mass is 9.98. The fourth-order valence-electron chi connectivity index (χ4n) is 6.06. The minimum atomic E-state index is -1.20. The molecule has 7 nitrogen and oxygen atoms in total. The second-order valence-corrected chi connectivity index (χ2v) is 11.9. The molecule has 216 valence electrons. The fourth-order valence-corrected chi connectivity index (χ4v) is 6.36. The number of carbonyl (C=O) groups is 1. The Morgan fingerprint density at radius 3 is 2.37 bits per heavy atom. The monoisotopic (exact) mass is 613 g/mol. The number of β-amino-alcohol motifs (C(OH)–C–C–N with tert-alkyl or cyclic N) is 1. The second-order valence-electron chi connectivity index (χ2n) is 11.0. The van der Waals surface area contributed by atoms with Crippen LogP contribution in [0.4, 0.5) is 4.39 Å². The molecule has 1 fully saturated rings. The molecule has 7 rings (SSSR count). The predicted octanol–water partition coefficient (Wildman–Crippen LogP) is 6.82. The summed E-state index contributed by atoms with van der Waals surface area (Å²) in [6.07, 6.45) is 2.21. The maximum atomic E-state index is 14.3. The highest BCUT2D eigenvalue weighted by Crippen LogP contribution is 2.33. The van der Waals surface area contributed by atoms with Crippen molar-refractivity contribution in [3.8, 4) is 11.1 Å². The lowest BCUT2D eigenvalue weighted by molar-refractivity contribution is 0.0267. The largest absolute Gasteiger partial charge is 0.386 e. The number of aliphatic hydroxyl groups is 1. The van der Waals surface area contributed by atoms with E-state index in [2.05, 4.69) is 39.1 Å². The molecule has 43 heavy (non-hydrogen) atoms. The number of likely N-dealkylation sites (tertiary alicyclic amines) is 1. The van der Waals surface area contributed by atoms with Gasteiger partial charge in [-0.15, -0.1) is 5.10 Å². The van der Waals surface area contributed by atoms with Crippen LogP contribution in [0.1, 0.15) is 22.5 Å². The number of amides is 1. The Hall–Kier alpha value is -4.24. The van der Waals surface area contributed by atoms with Crippen LogP contribution in [0.15, 0.2) is 91.1 Å². The van der Waals surface area contributed by atoms with Gasteiger partial charge in [-0.05, 0) is 60.0 Å². The third-order valence-electron chi connectivity index (χ3n) is 8.10. The SMILES string of the molecule is O=C(c1ccc(F)cc1-c1ccc(Cl)c(Cl)c1)N1CCC(O)(Cn2cc(Cn3c4ccccc4c4ccccc43)nn2)C1. The van der Waals surface area contributed by atoms with Gasteiger partial charge in [0.1, 0.15) is 17.1 Å². The minimum Gasteiger partial charge on any atom is -0.386 e. The molecule has 10 heteroatoms. The molecule has 4 aromatic carbocycles. The van der Waals surface area contributed by atoms with E-state index in [4.69, 9.17) is 23.2 Å². The first-order chi connectivity index (χ1) is 20.8. The van der Waals surface area contributed by atoms with Gasteiger partial charge < -0.3 is 14.6 Å². The van der Waals surface area contributed by atoms with Crippen molar-refractivity contribution in [3.63, 3.8) is 0 Å². The average molecular weight is 615 g/mol. The molecule has 1 amide bonds. The van der Waals surface area contributed by atoms with Gasteiger partial charge in [0.15, 0.2) is 0 Å². The normalized spacial score (nSPS) is 16.9. The molecular weight excluding hydrogens is 588 g/mol. The summed E-state index contributed by atoms with van der Waals surface area (Å²) in [4.78, 5) is 15.2. The highest BCUT2D eigenvalue weighted by Gasteiger charge is 2.39. The fraction of sp³-hybridized carbons (Fsp3) is 0.182. The first-order valence-electron chi connectivity index (χ1n) is 13.9. The molecule has 0 aliphatic carbocycles. The predicted molar refractivity (Wildman–Crippen MR) is 166 cm³/mol. The van der Waals surface area contributed by atoms with Crippen LogP contribution in [0.25, 0.3) is 32.9 Å². The Morgan fingerprint density at radius 2 is 1.65 bits per heavy atom. The molecule has 2 aromatic heterocycles. The average Bonchev–Trinajstić information content (AvgIpc) is 3.71. The number of halogens is 3. The first kappa shape index (κ1) is 27.6. The van der Waals surface area contributed by atoms with Crippen molar-refractivity contribution in [2.24, 2.45) is 0 Å². The number of aromatic nitrogens is 4. The molecule has 0 spiro atoms. The van der Waals surface area contributed by atoms with E-state index in [0.717, 1.165) is 16.7 Å². The summed E-state index contributed by atoms with van der Waals surface area (Å²) in [5.41, 5.74) is 3.09. The van der Waals surface area contributed by atoms with Crippen molar-refractivity contribution in [1.82, 2.24) is 24.5 Å². The minimum absolute atomic E-state index is 0.103. The Balaban J connectivity index is 1.09. The van der Waals surface area contributed by atoms with Crippen LogP contribution < -0.4 is 0 Å². The number of hydrogen-bond acceptors (Lipinski definition) is 4. The number of carbonyl (C=O) groups excluding carboxylic acids is 1. The van der Waals surface area contributed by atoms with E-state index in [0.29, 0.717) is 46.2 Å². The van der Waals surface area contributed by atoms with Crippen molar-refractivity contribution in [1.29, 1.82) is 0 Å². The second kappa shape index (κ2) is 10.8. The van der Waals surface area contributed by atoms with Gasteiger partial charge in [0.25, 0.3) is 5.91 Å². The summed E-state index contributed by atoms with van der Waals surface area (Å²) in [7, 11) is 0. The van der Waals surface area contributed by atoms with Gasteiger partial charge in [0.05, 0.1) is 35.9 Å². The zero-order valence-corrected chi connectivity index (χ0v) is 24.4. The third kappa shape index (κ3) is 5.16. The molecule has 1 saturated heterocycles. The van der Waals surface area contributed by atoms with Gasteiger partial charge >= 0.3 is 0 Å². The summed E-state index contributed by atoms with van der Waals surface area (Å²) < 4.78 is 18.1. The number of hydrogen-bond donors (Lipinski definition) is 1. The smallest absolute Gasteiger partial charge is 0.254 e. The van der Waals surface area contributed by atoms with E-state index >= 15 is 0 Å². The lowest BCUT2D eigenvalue weighted by Crippen LogP contribution is -2.39. The van der Waals surface area contributed by atoms with E-state index in [-0.39, 0.29) is 19.0 Å². The number of nitrogens with zero attached hydrogens (tertiary/aromatic N) is 5. The Bertz CT molecular complexity index is 1970. The molecule has 1 aliphatic heterocycles. The maximum Gasteiger partial charge on any atom is 0.254 e. The van der Waals surface area contributed by atoms with E-state index in [1.54, 1.807) is 27.8 Å². The summed E-state index contributed by atoms with van der Waals surface area (Å²) in [5.74, 6) is -0.777. The molecule has 0 bridgehead atoms. The lowest BCUT2D eigenvalue weighted by Gasteiger charge is -2.24. The topological polar surface area (TPSA) is 76.2 Å². The quantitative estimate of drug-likeness (QED) is 0.223. The van der Waals surface area contributed by atoms with E-state index in [1.807, 2.05) is 30.5 Å². The van der Waals surface area contributed by atoms with Crippen LogP contribution in [0, 0.1) is 5.82 Å². The number of para-hydroxylation sites is 2. The van der Waals surface area contributed by atoms with Gasteiger partial charge in [-0.2, -0.15) is 0 Å². The van der Waals surface area contributed by atoms with Crippen molar-refractivity contribution in [2.45, 2.75) is 25.1 Å². The van der Waals surface area contributed by atoms with Crippen molar-refractivity contribution < 1.29 is 14.3 Å². The molecule has 1 aliphatic rings. The van der Waals surface area contributed by atoms with Gasteiger partial charge in [-0.3, -0.25) is 4.79 Å². The zero-order valence-electron chi connectivity index (χ0n) is 22.9. The Labute approximate surface area is 256 Å². The highest BCUT2D eigenvalue weighted by atomic mass is 35.5. The summed E-state index contributed by atoms with van der Waals surface area (Å²) >= 11 is 12.3. The zero-order chi connectivity index (χ0) is 29.7. The highest BCUT2D eigenvalue weighted by molar-refractivity contribution is 6.42. The maximum absolute atomic E-state index is 14.3. The summed E-state index contributed by atoms with van der Waals surface area (Å²) in [6.45, 7) is 1.15. The van der Waals surface area contributed by atoms with Gasteiger partial charge in [0, 0.05) is 33.9 Å². The van der Waals surface area contributed by atoms with Crippen molar-refractivity contribution >= 4 is 50.9 Å². The summed E-state index contributed by atoms with van der Waals surface area (Å²) in [5, 5.41) is 23.2. The van der Waals surface area contributed by atoms with Gasteiger partial charge in [-0.1, -0.05) is 70.9 Å². The molecular formula is C33H26Cl2FN5O2. The van der Waals surface area contributed by atoms with E-state index in [1.165, 1.54) is 29.0 Å². The van der Waals surface area contributed by atoms with Gasteiger partial charge in [-0.25, -0.2) is 9.07 Å². The van der Waals surface area contributed by atoms with E-state index < -0.39 is 11.4 Å². The Kier molecular flexibility index (Phi) is 6.92. The number of benzene rings is 4. The van der Waals surface area contributed by atoms with Crippen LogP contribution in [0.2, 0.25) is 10.0 Å². The van der Waals surface area contributed by atoms with Crippen LogP contribution >= 0.6 is 23.2 Å². The molecule has 6 aromatic rings. The number of rotatable bonds is 6. The van der Waals surface area contributed by atoms with Crippen LogP contribution in [0.3, 0.4) is 0 Å². The van der Waals surface area contributed by atoms with Crippen LogP contribution in [-0.4, -0.2) is 54.2 Å². The molecule has 0 radical (unpaired) electrons. The van der Waals surface area contributed by atoms with Crippen LogP contribution in [-0.2, 0) is 13.1 Å². The third-order valence-corrected chi connectivity index (χ3v) is 8.84.